The highest BCUT2D eigenvalue weighted by atomic mass is 32.2. The highest BCUT2D eigenvalue weighted by Crippen LogP contribution is 2.34. The Balaban J connectivity index is 1.62. The largest absolute Gasteiger partial charge is 0.464 e. The monoisotopic (exact) mass is 417 g/mol. The number of rotatable bonds is 8. The normalized spacial score (nSPS) is 15.5. The Morgan fingerprint density at radius 1 is 1.21 bits per heavy atom. The Hall–Kier alpha value is -2.45. The average Bonchev–Trinajstić information content (AvgIpc) is 3.22. The van der Waals surface area contributed by atoms with Crippen LogP contribution in [-0.4, -0.2) is 35.2 Å². The quantitative estimate of drug-likeness (QED) is 0.346. The first-order valence-corrected chi connectivity index (χ1v) is 10.4. The van der Waals surface area contributed by atoms with Crippen LogP contribution < -0.4 is 0 Å². The van der Waals surface area contributed by atoms with Gasteiger partial charge in [-0.3, -0.25) is 19.3 Å². The number of carbonyl (C=O) groups is 3. The van der Waals surface area contributed by atoms with Gasteiger partial charge in [0.25, 0.3) is 11.1 Å². The molecule has 3 rings (SSSR count). The molecule has 0 N–H and O–H groups in total. The molecule has 0 unspecified atom stereocenters. The molecule has 1 aliphatic heterocycles. The first kappa shape index (κ1) is 20.3. The van der Waals surface area contributed by atoms with Crippen LogP contribution in [0.4, 0.5) is 4.79 Å². The van der Waals surface area contributed by atoms with Crippen LogP contribution in [0.15, 0.2) is 61.8 Å². The Morgan fingerprint density at radius 2 is 2.00 bits per heavy atom. The second-order valence-electron chi connectivity index (χ2n) is 5.91. The number of nitrogens with zero attached hydrogens (tertiary/aromatic N) is 1. The zero-order chi connectivity index (χ0) is 19.9. The Kier molecular flexibility index (Phi) is 7.00. The minimum absolute atomic E-state index is 0.219. The van der Waals surface area contributed by atoms with Crippen LogP contribution in [0.5, 0.6) is 0 Å². The molecule has 0 bridgehead atoms. The lowest BCUT2D eigenvalue weighted by atomic mass is 10.3. The van der Waals surface area contributed by atoms with Gasteiger partial charge in [-0.1, -0.05) is 43.3 Å². The molecule has 0 atom stereocenters. The molecule has 1 aliphatic rings. The number of amides is 2. The van der Waals surface area contributed by atoms with Crippen molar-refractivity contribution in [3.8, 4) is 0 Å². The molecule has 1 aromatic carbocycles. The third kappa shape index (κ3) is 5.30. The van der Waals surface area contributed by atoms with Gasteiger partial charge in [0.1, 0.15) is 12.3 Å². The van der Waals surface area contributed by atoms with Gasteiger partial charge in [-0.05, 0) is 42.4 Å². The van der Waals surface area contributed by atoms with Crippen molar-refractivity contribution in [1.29, 1.82) is 0 Å². The number of furan rings is 1. The fourth-order valence-corrected chi connectivity index (χ4v) is 3.96. The van der Waals surface area contributed by atoms with E-state index in [9.17, 15) is 14.4 Å². The van der Waals surface area contributed by atoms with Crippen LogP contribution in [0, 0.1) is 0 Å². The third-order valence-corrected chi connectivity index (χ3v) is 5.59. The number of imide groups is 1. The van der Waals surface area contributed by atoms with Crippen LogP contribution in [0.2, 0.25) is 0 Å². The molecule has 1 aromatic heterocycles. The van der Waals surface area contributed by atoms with Crippen molar-refractivity contribution in [3.05, 3.63) is 53.1 Å². The van der Waals surface area contributed by atoms with Crippen LogP contribution in [0.3, 0.4) is 0 Å². The predicted molar refractivity (Wildman–Crippen MR) is 108 cm³/mol. The highest BCUT2D eigenvalue weighted by Gasteiger charge is 2.36. The Labute approximate surface area is 171 Å². The predicted octanol–water partition coefficient (Wildman–Crippen LogP) is 4.81. The maximum absolute atomic E-state index is 12.4. The van der Waals surface area contributed by atoms with E-state index in [-0.39, 0.29) is 18.1 Å². The van der Waals surface area contributed by atoms with Crippen molar-refractivity contribution in [1.82, 2.24) is 4.90 Å². The van der Waals surface area contributed by atoms with E-state index in [0.717, 1.165) is 34.4 Å². The van der Waals surface area contributed by atoms with Crippen LogP contribution >= 0.6 is 23.5 Å². The number of thioether (sulfide) groups is 1. The summed E-state index contributed by atoms with van der Waals surface area (Å²) in [6.07, 6.45) is 3.16. The lowest BCUT2D eigenvalue weighted by Gasteiger charge is -2.11. The minimum Gasteiger partial charge on any atom is -0.464 e. The van der Waals surface area contributed by atoms with Crippen LogP contribution in [0.25, 0.3) is 6.08 Å². The van der Waals surface area contributed by atoms with E-state index in [0.29, 0.717) is 10.9 Å². The van der Waals surface area contributed by atoms with E-state index in [4.69, 9.17) is 9.15 Å². The van der Waals surface area contributed by atoms with Crippen molar-refractivity contribution >= 4 is 46.7 Å². The van der Waals surface area contributed by atoms with Gasteiger partial charge in [-0.15, -0.1) is 0 Å². The van der Waals surface area contributed by atoms with Crippen molar-refractivity contribution in [2.45, 2.75) is 29.8 Å². The minimum atomic E-state index is -0.587. The van der Waals surface area contributed by atoms with Gasteiger partial charge >= 0.3 is 5.97 Å². The Bertz CT molecular complexity index is 891. The fraction of sp³-hybridized carbons (Fsp3) is 0.250. The summed E-state index contributed by atoms with van der Waals surface area (Å²) >= 11 is 2.24. The molecule has 1 fully saturated rings. The number of hydrogen-bond acceptors (Lipinski definition) is 7. The average molecular weight is 418 g/mol. The maximum Gasteiger partial charge on any atom is 0.326 e. The van der Waals surface area contributed by atoms with Gasteiger partial charge in [0, 0.05) is 11.0 Å². The summed E-state index contributed by atoms with van der Waals surface area (Å²) in [5.41, 5.74) is 0. The number of unbranched alkanes of at least 4 members (excludes halogenated alkanes) is 1. The second kappa shape index (κ2) is 9.66. The first-order valence-electron chi connectivity index (χ1n) is 8.80. The van der Waals surface area contributed by atoms with Gasteiger partial charge in [0.2, 0.25) is 0 Å². The summed E-state index contributed by atoms with van der Waals surface area (Å²) in [5.74, 6) is -0.637. The maximum atomic E-state index is 12.4. The number of esters is 1. The van der Waals surface area contributed by atoms with Gasteiger partial charge < -0.3 is 9.15 Å². The van der Waals surface area contributed by atoms with E-state index in [1.165, 1.54) is 17.8 Å². The van der Waals surface area contributed by atoms with Crippen LogP contribution in [-0.2, 0) is 14.3 Å². The molecular weight excluding hydrogens is 398 g/mol. The summed E-state index contributed by atoms with van der Waals surface area (Å²) in [7, 11) is 0. The molecule has 1 saturated heterocycles. The molecule has 2 aromatic rings. The summed E-state index contributed by atoms with van der Waals surface area (Å²) in [6.45, 7) is 1.89. The Morgan fingerprint density at radius 3 is 2.75 bits per heavy atom. The fourth-order valence-electron chi connectivity index (χ4n) is 2.34. The van der Waals surface area contributed by atoms with Gasteiger partial charge in [-0.2, -0.15) is 0 Å². The van der Waals surface area contributed by atoms with Crippen LogP contribution in [0.1, 0.15) is 25.5 Å². The molecule has 0 spiro atoms. The standard InChI is InChI=1S/C20H19NO5S2/c1-2-3-11-25-17(22)13-21-19(23)16(28-20(21)24)12-14-9-10-18(26-14)27-15-7-5-4-6-8-15/h4-10,12H,2-3,11,13H2,1H3/b16-12-. The number of ether oxygens (including phenoxy) is 1. The van der Waals surface area contributed by atoms with E-state index >= 15 is 0 Å². The molecule has 0 radical (unpaired) electrons. The SMILES string of the molecule is CCCCOC(=O)CN1C(=O)S/C(=C\c2ccc(Sc3ccccc3)o2)C1=O. The van der Waals surface area contributed by atoms with Crippen molar-refractivity contribution in [2.75, 3.05) is 13.2 Å². The zero-order valence-corrected chi connectivity index (χ0v) is 16.9. The van der Waals surface area contributed by atoms with Crippen molar-refractivity contribution in [2.24, 2.45) is 0 Å². The molecule has 0 saturated carbocycles. The molecule has 2 amide bonds. The smallest absolute Gasteiger partial charge is 0.326 e. The highest BCUT2D eigenvalue weighted by molar-refractivity contribution is 8.18. The topological polar surface area (TPSA) is 76.8 Å². The van der Waals surface area contributed by atoms with E-state index in [2.05, 4.69) is 0 Å². The first-order chi connectivity index (χ1) is 13.6. The molecule has 146 valence electrons. The van der Waals surface area contributed by atoms with Gasteiger partial charge in [0.15, 0.2) is 5.09 Å². The molecule has 6 nitrogen and oxygen atoms in total. The molecule has 0 aliphatic carbocycles. The number of hydrogen-bond donors (Lipinski definition) is 0. The summed E-state index contributed by atoms with van der Waals surface area (Å²) < 4.78 is 10.7. The second-order valence-corrected chi connectivity index (χ2v) is 7.98. The third-order valence-electron chi connectivity index (χ3n) is 3.76. The summed E-state index contributed by atoms with van der Waals surface area (Å²) in [4.78, 5) is 38.5. The molecule has 8 heteroatoms. The van der Waals surface area contributed by atoms with E-state index in [1.54, 1.807) is 12.1 Å². The van der Waals surface area contributed by atoms with Crippen molar-refractivity contribution in [3.63, 3.8) is 0 Å². The lowest BCUT2D eigenvalue weighted by molar-refractivity contribution is -0.146. The molecular formula is C20H19NO5S2. The van der Waals surface area contributed by atoms with E-state index in [1.807, 2.05) is 37.3 Å². The van der Waals surface area contributed by atoms with Crippen molar-refractivity contribution < 1.29 is 23.5 Å². The zero-order valence-electron chi connectivity index (χ0n) is 15.3. The van der Waals surface area contributed by atoms with E-state index < -0.39 is 17.1 Å². The number of carbonyl (C=O) groups excluding carboxylic acids is 3. The molecule has 2 heterocycles. The molecule has 28 heavy (non-hydrogen) atoms. The van der Waals surface area contributed by atoms with Gasteiger partial charge in [-0.25, -0.2) is 0 Å². The summed E-state index contributed by atoms with van der Waals surface area (Å²) in [5, 5.41) is 0.185. The van der Waals surface area contributed by atoms with Gasteiger partial charge in [0.05, 0.1) is 11.5 Å². The summed E-state index contributed by atoms with van der Waals surface area (Å²) in [6, 6.07) is 13.3. The number of benzene rings is 1. The lowest BCUT2D eigenvalue weighted by Crippen LogP contribution is -2.34.